The molecule has 0 bridgehead atoms. The Kier molecular flexibility index (Phi) is 9.06. The third-order valence-corrected chi connectivity index (χ3v) is 12.6. The highest BCUT2D eigenvalue weighted by molar-refractivity contribution is 6.99. The molecule has 0 aromatic heterocycles. The van der Waals surface area contributed by atoms with Gasteiger partial charge in [-0.05, 0) is 41.6 Å². The predicted octanol–water partition coefficient (Wildman–Crippen LogP) is 5.52. The number of hydrogen-bond acceptors (Lipinski definition) is 5. The Balaban J connectivity index is 1.74. The van der Waals surface area contributed by atoms with Crippen LogP contribution < -0.4 is 10.4 Å². The highest BCUT2D eigenvalue weighted by Crippen LogP contribution is 2.42. The highest BCUT2D eigenvalue weighted by atomic mass is 28.4. The third kappa shape index (κ3) is 6.25. The molecule has 1 saturated heterocycles. The van der Waals surface area contributed by atoms with Gasteiger partial charge in [0.25, 0.3) is 8.32 Å². The molecule has 37 heavy (non-hydrogen) atoms. The van der Waals surface area contributed by atoms with Gasteiger partial charge >= 0.3 is 5.97 Å². The molecular formula is C31H42O5Si. The Morgan fingerprint density at radius 1 is 1.03 bits per heavy atom. The van der Waals surface area contributed by atoms with Gasteiger partial charge in [-0.2, -0.15) is 0 Å². The molecule has 200 valence electrons. The first-order valence-electron chi connectivity index (χ1n) is 13.7. The summed E-state index contributed by atoms with van der Waals surface area (Å²) in [7, 11) is -2.82. The second kappa shape index (κ2) is 12.1. The molecular weight excluding hydrogens is 480 g/mol. The molecule has 1 saturated carbocycles. The molecule has 1 spiro atoms. The molecule has 0 N–H and O–H groups in total. The average molecular weight is 523 g/mol. The number of rotatable bonds is 9. The van der Waals surface area contributed by atoms with E-state index in [1.807, 2.05) is 13.0 Å². The summed E-state index contributed by atoms with van der Waals surface area (Å²) >= 11 is 0. The van der Waals surface area contributed by atoms with E-state index in [4.69, 9.17) is 18.6 Å². The number of carbonyl (C=O) groups excluding carboxylic acids is 1. The van der Waals surface area contributed by atoms with Crippen molar-refractivity contribution in [2.45, 2.75) is 89.3 Å². The zero-order valence-corrected chi connectivity index (χ0v) is 23.8. The zero-order valence-electron chi connectivity index (χ0n) is 22.8. The maximum Gasteiger partial charge on any atom is 0.330 e. The standard InChI is InChI=1S/C31H42O5Si/c1-5-33-29(32)21-15-20-27(28-24-34-31(35-28)22-13-8-14-23-31)36-37(30(2,3)4,25-16-9-6-10-17-25)26-18-11-7-12-19-26/h6-7,9-12,15-19,21,27-28H,5,8,13-14,20,22-24H2,1-4H3/b21-15+/t27-,28+/m0/s1. The highest BCUT2D eigenvalue weighted by Gasteiger charge is 2.54. The van der Waals surface area contributed by atoms with Crippen molar-refractivity contribution in [3.05, 3.63) is 72.8 Å². The maximum absolute atomic E-state index is 12.1. The second-order valence-corrected chi connectivity index (χ2v) is 15.4. The topological polar surface area (TPSA) is 54.0 Å². The van der Waals surface area contributed by atoms with Crippen LogP contribution in [0.3, 0.4) is 0 Å². The first-order chi connectivity index (χ1) is 17.8. The quantitative estimate of drug-likeness (QED) is 0.247. The fraction of sp³-hybridized carbons (Fsp3) is 0.516. The van der Waals surface area contributed by atoms with E-state index in [1.54, 1.807) is 0 Å². The minimum atomic E-state index is -2.82. The Bertz CT molecular complexity index is 985. The first kappa shape index (κ1) is 27.8. The van der Waals surface area contributed by atoms with Gasteiger partial charge in [-0.3, -0.25) is 0 Å². The number of carbonyl (C=O) groups is 1. The van der Waals surface area contributed by atoms with Gasteiger partial charge < -0.3 is 18.6 Å². The van der Waals surface area contributed by atoms with E-state index in [9.17, 15) is 4.79 Å². The van der Waals surface area contributed by atoms with Crippen LogP contribution in [0.4, 0.5) is 0 Å². The Morgan fingerprint density at radius 2 is 1.62 bits per heavy atom. The molecule has 2 aromatic rings. The van der Waals surface area contributed by atoms with Gasteiger partial charge in [0.05, 0.1) is 19.3 Å². The summed E-state index contributed by atoms with van der Waals surface area (Å²) in [4.78, 5) is 12.1. The van der Waals surface area contributed by atoms with Gasteiger partial charge in [-0.15, -0.1) is 0 Å². The summed E-state index contributed by atoms with van der Waals surface area (Å²) in [6, 6.07) is 21.3. The van der Waals surface area contributed by atoms with Crippen molar-refractivity contribution < 1.29 is 23.4 Å². The van der Waals surface area contributed by atoms with Crippen molar-refractivity contribution in [1.29, 1.82) is 0 Å². The van der Waals surface area contributed by atoms with Crippen molar-refractivity contribution in [3.8, 4) is 0 Å². The molecule has 4 rings (SSSR count). The SMILES string of the molecule is CCOC(=O)/C=C/C[C@H](O[Si](c1ccccc1)(c1ccccc1)C(C)(C)C)[C@H]1COC2(CCCCC2)O1. The van der Waals surface area contributed by atoms with Crippen LogP contribution in [0.5, 0.6) is 0 Å². The number of ether oxygens (including phenoxy) is 3. The van der Waals surface area contributed by atoms with Crippen LogP contribution >= 0.6 is 0 Å². The maximum atomic E-state index is 12.1. The lowest BCUT2D eigenvalue weighted by atomic mass is 9.94. The lowest BCUT2D eigenvalue weighted by molar-refractivity contribution is -0.194. The fourth-order valence-electron chi connectivity index (χ4n) is 5.80. The van der Waals surface area contributed by atoms with Gasteiger partial charge in [0.2, 0.25) is 0 Å². The Morgan fingerprint density at radius 3 is 2.16 bits per heavy atom. The molecule has 2 fully saturated rings. The molecule has 0 unspecified atom stereocenters. The summed E-state index contributed by atoms with van der Waals surface area (Å²) in [5.74, 6) is -0.833. The molecule has 2 aromatic carbocycles. The van der Waals surface area contributed by atoms with Crippen LogP contribution in [0.2, 0.25) is 5.04 Å². The normalized spacial score (nSPS) is 20.8. The van der Waals surface area contributed by atoms with Crippen molar-refractivity contribution >= 4 is 24.7 Å². The zero-order chi connectivity index (χ0) is 26.4. The number of esters is 1. The molecule has 1 aliphatic heterocycles. The molecule has 2 aliphatic rings. The average Bonchev–Trinajstić information content (AvgIpc) is 3.30. The van der Waals surface area contributed by atoms with Gasteiger partial charge in [0, 0.05) is 18.9 Å². The fourth-order valence-corrected chi connectivity index (χ4v) is 10.5. The van der Waals surface area contributed by atoms with Crippen molar-refractivity contribution in [1.82, 2.24) is 0 Å². The summed E-state index contributed by atoms with van der Waals surface area (Å²) < 4.78 is 25.6. The molecule has 5 nitrogen and oxygen atoms in total. The van der Waals surface area contributed by atoms with Crippen LogP contribution in [0.25, 0.3) is 0 Å². The minimum absolute atomic E-state index is 0.166. The number of benzene rings is 2. The molecule has 1 heterocycles. The molecule has 0 radical (unpaired) electrons. The van der Waals surface area contributed by atoms with E-state index in [-0.39, 0.29) is 23.2 Å². The molecule has 2 atom stereocenters. The smallest absolute Gasteiger partial charge is 0.330 e. The van der Waals surface area contributed by atoms with E-state index < -0.39 is 14.1 Å². The van der Waals surface area contributed by atoms with Gasteiger partial charge in [0.15, 0.2) is 5.79 Å². The van der Waals surface area contributed by atoms with Crippen LogP contribution in [-0.4, -0.2) is 45.5 Å². The minimum Gasteiger partial charge on any atom is -0.463 e. The summed E-state index contributed by atoms with van der Waals surface area (Å²) in [5.41, 5.74) is 0. The van der Waals surface area contributed by atoms with Gasteiger partial charge in [-0.1, -0.05) is 93.9 Å². The monoisotopic (exact) mass is 522 g/mol. The van der Waals surface area contributed by atoms with E-state index in [2.05, 4.69) is 81.4 Å². The molecule has 6 heteroatoms. The molecule has 1 aliphatic carbocycles. The lowest BCUT2D eigenvalue weighted by Gasteiger charge is -2.46. The van der Waals surface area contributed by atoms with Gasteiger partial charge in [0.1, 0.15) is 6.10 Å². The summed E-state index contributed by atoms with van der Waals surface area (Å²) in [6.07, 6.45) is 8.74. The second-order valence-electron chi connectivity index (χ2n) is 11.1. The van der Waals surface area contributed by atoms with E-state index in [1.165, 1.54) is 22.9 Å². The van der Waals surface area contributed by atoms with E-state index >= 15 is 0 Å². The summed E-state index contributed by atoms with van der Waals surface area (Å²) in [6.45, 7) is 9.50. The predicted molar refractivity (Wildman–Crippen MR) is 150 cm³/mol. The van der Waals surface area contributed by atoms with Crippen molar-refractivity contribution in [2.24, 2.45) is 0 Å². The molecule has 0 amide bonds. The largest absolute Gasteiger partial charge is 0.463 e. The van der Waals surface area contributed by atoms with Crippen molar-refractivity contribution in [3.63, 3.8) is 0 Å². The van der Waals surface area contributed by atoms with Crippen LogP contribution in [0, 0.1) is 0 Å². The van der Waals surface area contributed by atoms with Crippen molar-refractivity contribution in [2.75, 3.05) is 13.2 Å². The summed E-state index contributed by atoms with van der Waals surface area (Å²) in [5, 5.41) is 2.28. The van der Waals surface area contributed by atoms with E-state index in [0.29, 0.717) is 19.6 Å². The third-order valence-electron chi connectivity index (χ3n) is 7.56. The Hall–Kier alpha value is -2.25. The Labute approximate surface area is 223 Å². The van der Waals surface area contributed by atoms with Crippen LogP contribution in [0.1, 0.15) is 66.2 Å². The lowest BCUT2D eigenvalue weighted by Crippen LogP contribution is -2.68. The van der Waals surface area contributed by atoms with Gasteiger partial charge in [-0.25, -0.2) is 4.79 Å². The number of hydrogen-bond donors (Lipinski definition) is 0. The first-order valence-corrected chi connectivity index (χ1v) is 15.6. The van der Waals surface area contributed by atoms with Crippen LogP contribution in [-0.2, 0) is 23.4 Å². The van der Waals surface area contributed by atoms with Crippen LogP contribution in [0.15, 0.2) is 72.8 Å². The van der Waals surface area contributed by atoms with E-state index in [0.717, 1.165) is 25.7 Å².